The number of hydrogen-bond donors (Lipinski definition) is 1. The van der Waals surface area contributed by atoms with Crippen molar-refractivity contribution in [2.45, 2.75) is 25.7 Å². The zero-order valence-electron chi connectivity index (χ0n) is 17.4. The Morgan fingerprint density at radius 1 is 1.06 bits per heavy atom. The van der Waals surface area contributed by atoms with Crippen molar-refractivity contribution in [3.8, 4) is 21.8 Å². The number of nitrogens with one attached hydrogen (secondary N) is 1. The zero-order chi connectivity index (χ0) is 23.0. The molecule has 0 amide bonds. The third-order valence-electron chi connectivity index (χ3n) is 5.62. The van der Waals surface area contributed by atoms with E-state index in [0.717, 1.165) is 33.6 Å². The van der Waals surface area contributed by atoms with E-state index < -0.39 is 11.7 Å². The number of halogens is 3. The summed E-state index contributed by atoms with van der Waals surface area (Å²) < 4.78 is 39.1. The van der Waals surface area contributed by atoms with Crippen LogP contribution in [0, 0.1) is 0 Å². The number of rotatable bonds is 4. The Kier molecular flexibility index (Phi) is 5.59. The molecular formula is C24H19F3N4OS. The number of hydrogen-bond acceptors (Lipinski definition) is 5. The lowest BCUT2D eigenvalue weighted by Gasteiger charge is -2.27. The van der Waals surface area contributed by atoms with Crippen molar-refractivity contribution in [1.29, 1.82) is 0 Å². The summed E-state index contributed by atoms with van der Waals surface area (Å²) in [6, 6.07) is 12.8. The molecule has 168 valence electrons. The van der Waals surface area contributed by atoms with Gasteiger partial charge in [0, 0.05) is 53.8 Å². The van der Waals surface area contributed by atoms with E-state index in [9.17, 15) is 18.0 Å². The number of pyridine rings is 1. The smallest absolute Gasteiger partial charge is 0.306 e. The molecule has 0 unspecified atom stereocenters. The van der Waals surface area contributed by atoms with Gasteiger partial charge in [0.05, 0.1) is 16.8 Å². The molecule has 3 aromatic heterocycles. The van der Waals surface area contributed by atoms with Crippen molar-refractivity contribution in [2.24, 2.45) is 0 Å². The largest absolute Gasteiger partial charge is 0.416 e. The summed E-state index contributed by atoms with van der Waals surface area (Å²) in [5.41, 5.74) is 2.03. The van der Waals surface area contributed by atoms with E-state index in [-0.39, 0.29) is 5.56 Å². The van der Waals surface area contributed by atoms with Gasteiger partial charge in [-0.25, -0.2) is 4.98 Å². The van der Waals surface area contributed by atoms with E-state index in [4.69, 9.17) is 0 Å². The second kappa shape index (κ2) is 8.57. The fourth-order valence-corrected chi connectivity index (χ4v) is 5.00. The molecule has 5 nitrogen and oxygen atoms in total. The molecule has 0 fully saturated rings. The number of H-pyrrole nitrogens is 1. The summed E-state index contributed by atoms with van der Waals surface area (Å²) in [5.74, 6) is 0.540. The van der Waals surface area contributed by atoms with Gasteiger partial charge in [0.2, 0.25) is 0 Å². The molecule has 5 rings (SSSR count). The van der Waals surface area contributed by atoms with Gasteiger partial charge in [-0.3, -0.25) is 14.7 Å². The van der Waals surface area contributed by atoms with Gasteiger partial charge in [-0.2, -0.15) is 13.2 Å². The molecule has 1 N–H and O–H groups in total. The third kappa shape index (κ3) is 4.60. The average molecular weight is 469 g/mol. The van der Waals surface area contributed by atoms with E-state index in [1.165, 1.54) is 23.5 Å². The van der Waals surface area contributed by atoms with Crippen LogP contribution in [0.25, 0.3) is 21.8 Å². The topological polar surface area (TPSA) is 61.9 Å². The summed E-state index contributed by atoms with van der Waals surface area (Å²) in [4.78, 5) is 28.2. The molecule has 0 spiro atoms. The fourth-order valence-electron chi connectivity index (χ4n) is 3.95. The van der Waals surface area contributed by atoms with E-state index in [0.29, 0.717) is 36.5 Å². The molecular weight excluding hydrogens is 449 g/mol. The van der Waals surface area contributed by atoms with Crippen molar-refractivity contribution in [3.63, 3.8) is 0 Å². The van der Waals surface area contributed by atoms with E-state index >= 15 is 0 Å². The Hall–Kier alpha value is -3.30. The SMILES string of the molecule is O=c1[nH]c(-c2ccncc2)nc2c1CN(Cc1ccc(-c3cccc(C(F)(F)F)c3)s1)CC2. The predicted molar refractivity (Wildman–Crippen MR) is 121 cm³/mol. The summed E-state index contributed by atoms with van der Waals surface area (Å²) in [6.45, 7) is 1.84. The van der Waals surface area contributed by atoms with E-state index in [1.54, 1.807) is 30.6 Å². The zero-order valence-corrected chi connectivity index (χ0v) is 18.2. The maximum absolute atomic E-state index is 13.0. The number of fused-ring (bicyclic) bond motifs is 1. The first kappa shape index (κ1) is 21.5. The van der Waals surface area contributed by atoms with Gasteiger partial charge in [-0.15, -0.1) is 11.3 Å². The maximum Gasteiger partial charge on any atom is 0.416 e. The van der Waals surface area contributed by atoms with Crippen LogP contribution in [-0.4, -0.2) is 26.4 Å². The molecule has 4 aromatic rings. The Labute approximate surface area is 191 Å². The third-order valence-corrected chi connectivity index (χ3v) is 6.74. The molecule has 0 bridgehead atoms. The van der Waals surface area contributed by atoms with Crippen LogP contribution in [0.1, 0.15) is 21.7 Å². The second-order valence-electron chi connectivity index (χ2n) is 7.88. The monoisotopic (exact) mass is 468 g/mol. The van der Waals surface area contributed by atoms with Crippen LogP contribution in [0.5, 0.6) is 0 Å². The fraction of sp³-hybridized carbons (Fsp3) is 0.208. The molecule has 0 atom stereocenters. The highest BCUT2D eigenvalue weighted by atomic mass is 32.1. The molecule has 1 aliphatic heterocycles. The minimum atomic E-state index is -4.37. The highest BCUT2D eigenvalue weighted by Crippen LogP contribution is 2.35. The summed E-state index contributed by atoms with van der Waals surface area (Å²) in [5, 5.41) is 0. The summed E-state index contributed by atoms with van der Waals surface area (Å²) >= 11 is 1.47. The van der Waals surface area contributed by atoms with Crippen LogP contribution in [0.2, 0.25) is 0 Å². The van der Waals surface area contributed by atoms with Gasteiger partial charge in [0.1, 0.15) is 5.82 Å². The van der Waals surface area contributed by atoms with Gasteiger partial charge in [0.25, 0.3) is 5.56 Å². The van der Waals surface area contributed by atoms with Crippen molar-refractivity contribution < 1.29 is 13.2 Å². The molecule has 0 radical (unpaired) electrons. The van der Waals surface area contributed by atoms with Crippen LogP contribution >= 0.6 is 11.3 Å². The first-order valence-electron chi connectivity index (χ1n) is 10.4. The van der Waals surface area contributed by atoms with Crippen molar-refractivity contribution >= 4 is 11.3 Å². The minimum Gasteiger partial charge on any atom is -0.306 e. The van der Waals surface area contributed by atoms with Crippen molar-refractivity contribution in [1.82, 2.24) is 19.9 Å². The highest BCUT2D eigenvalue weighted by molar-refractivity contribution is 7.15. The van der Waals surface area contributed by atoms with Crippen LogP contribution in [0.4, 0.5) is 13.2 Å². The van der Waals surface area contributed by atoms with E-state index in [2.05, 4.69) is 19.9 Å². The molecule has 0 saturated carbocycles. The predicted octanol–water partition coefficient (Wildman–Crippen LogP) is 5.14. The number of thiophene rings is 1. The standard InChI is InChI=1S/C24H19F3N4OS/c25-24(26,27)17-3-1-2-16(12-17)21-5-4-18(33-21)13-31-11-8-20-19(14-31)23(32)30-22(29-20)15-6-9-28-10-7-15/h1-7,9-10,12H,8,11,13-14H2,(H,29,30,32). The Morgan fingerprint density at radius 2 is 1.88 bits per heavy atom. The molecule has 9 heteroatoms. The lowest BCUT2D eigenvalue weighted by Crippen LogP contribution is -2.35. The molecule has 1 aliphatic rings. The normalized spacial score (nSPS) is 14.3. The van der Waals surface area contributed by atoms with Gasteiger partial charge < -0.3 is 4.98 Å². The van der Waals surface area contributed by atoms with Crippen LogP contribution in [0.15, 0.2) is 65.7 Å². The molecule has 0 aliphatic carbocycles. The number of aromatic amines is 1. The highest BCUT2D eigenvalue weighted by Gasteiger charge is 2.30. The molecule has 1 aromatic carbocycles. The molecule has 0 saturated heterocycles. The number of aromatic nitrogens is 3. The number of nitrogens with zero attached hydrogens (tertiary/aromatic N) is 3. The average Bonchev–Trinajstić information content (AvgIpc) is 3.28. The first-order valence-corrected chi connectivity index (χ1v) is 11.2. The van der Waals surface area contributed by atoms with E-state index in [1.807, 2.05) is 12.1 Å². The quantitative estimate of drug-likeness (QED) is 0.451. The van der Waals surface area contributed by atoms with Crippen molar-refractivity contribution in [3.05, 3.63) is 93.0 Å². The molecule has 4 heterocycles. The van der Waals surface area contributed by atoms with Gasteiger partial charge >= 0.3 is 6.18 Å². The van der Waals surface area contributed by atoms with Crippen LogP contribution < -0.4 is 5.56 Å². The summed E-state index contributed by atoms with van der Waals surface area (Å²) in [6.07, 6.45) is -0.394. The summed E-state index contributed by atoms with van der Waals surface area (Å²) in [7, 11) is 0. The van der Waals surface area contributed by atoms with Gasteiger partial charge in [-0.05, 0) is 42.0 Å². The van der Waals surface area contributed by atoms with Gasteiger partial charge in [0.15, 0.2) is 0 Å². The Bertz CT molecular complexity index is 1350. The van der Waals surface area contributed by atoms with Crippen molar-refractivity contribution in [2.75, 3.05) is 6.54 Å². The lowest BCUT2D eigenvalue weighted by molar-refractivity contribution is -0.137. The Morgan fingerprint density at radius 3 is 2.67 bits per heavy atom. The first-order chi connectivity index (χ1) is 15.9. The Balaban J connectivity index is 1.32. The number of alkyl halides is 3. The second-order valence-corrected chi connectivity index (χ2v) is 9.05. The molecule has 33 heavy (non-hydrogen) atoms. The number of benzene rings is 1. The van der Waals surface area contributed by atoms with Gasteiger partial charge in [-0.1, -0.05) is 12.1 Å². The maximum atomic E-state index is 13.0. The van der Waals surface area contributed by atoms with Crippen LogP contribution in [0.3, 0.4) is 0 Å². The van der Waals surface area contributed by atoms with Crippen LogP contribution in [-0.2, 0) is 25.7 Å². The minimum absolute atomic E-state index is 0.146. The lowest BCUT2D eigenvalue weighted by atomic mass is 10.1.